The minimum absolute atomic E-state index is 0.110. The van der Waals surface area contributed by atoms with Crippen LogP contribution in [0.3, 0.4) is 0 Å². The predicted octanol–water partition coefficient (Wildman–Crippen LogP) is 2.33. The maximum absolute atomic E-state index is 12.4. The number of methoxy groups -OCH3 is 1. The molecular formula is C17H16O6. The van der Waals surface area contributed by atoms with E-state index in [0.29, 0.717) is 11.3 Å². The Morgan fingerprint density at radius 1 is 1.00 bits per heavy atom. The number of aliphatic hydroxyl groups excluding tert-OH is 1. The lowest BCUT2D eigenvalue weighted by Gasteiger charge is -2.12. The topological polar surface area (TPSA) is 82.1 Å². The second-order valence-electron chi connectivity index (χ2n) is 4.62. The van der Waals surface area contributed by atoms with E-state index >= 15 is 0 Å². The predicted molar refractivity (Wildman–Crippen MR) is 81.6 cm³/mol. The second-order valence-corrected chi connectivity index (χ2v) is 4.62. The van der Waals surface area contributed by atoms with Crippen LogP contribution >= 0.6 is 0 Å². The van der Waals surface area contributed by atoms with E-state index in [1.165, 1.54) is 32.2 Å². The molecule has 1 N–H and O–H groups in total. The number of rotatable bonds is 5. The number of carbonyl (C=O) groups excluding carboxylic acids is 2. The van der Waals surface area contributed by atoms with E-state index in [-0.39, 0.29) is 23.7 Å². The number of esters is 2. The van der Waals surface area contributed by atoms with Gasteiger partial charge in [-0.25, -0.2) is 4.79 Å². The molecule has 0 aliphatic rings. The summed E-state index contributed by atoms with van der Waals surface area (Å²) in [5, 5.41) is 9.18. The van der Waals surface area contributed by atoms with Gasteiger partial charge in [0.25, 0.3) is 0 Å². The Balaban J connectivity index is 2.31. The maximum atomic E-state index is 12.4. The van der Waals surface area contributed by atoms with Crippen LogP contribution in [0.25, 0.3) is 0 Å². The summed E-state index contributed by atoms with van der Waals surface area (Å²) < 4.78 is 15.4. The first-order valence-corrected chi connectivity index (χ1v) is 6.82. The van der Waals surface area contributed by atoms with Gasteiger partial charge in [-0.05, 0) is 29.8 Å². The van der Waals surface area contributed by atoms with Crippen molar-refractivity contribution in [3.8, 4) is 17.2 Å². The average molecular weight is 316 g/mol. The molecule has 0 unspecified atom stereocenters. The number of hydrogen-bond donors (Lipinski definition) is 1. The largest absolute Gasteiger partial charge is 0.493 e. The molecule has 0 fully saturated rings. The van der Waals surface area contributed by atoms with Crippen molar-refractivity contribution < 1.29 is 28.9 Å². The van der Waals surface area contributed by atoms with Crippen molar-refractivity contribution in [2.24, 2.45) is 0 Å². The minimum atomic E-state index is -0.699. The van der Waals surface area contributed by atoms with Gasteiger partial charge in [0.05, 0.1) is 13.7 Å². The average Bonchev–Trinajstić information content (AvgIpc) is 2.54. The molecular weight excluding hydrogens is 300 g/mol. The smallest absolute Gasteiger partial charge is 0.347 e. The van der Waals surface area contributed by atoms with Crippen LogP contribution in [0.4, 0.5) is 0 Å². The molecule has 0 bridgehead atoms. The van der Waals surface area contributed by atoms with Crippen LogP contribution in [0, 0.1) is 0 Å². The van der Waals surface area contributed by atoms with Gasteiger partial charge < -0.3 is 19.3 Å². The summed E-state index contributed by atoms with van der Waals surface area (Å²) in [5.41, 5.74) is 0.682. The van der Waals surface area contributed by atoms with Gasteiger partial charge in [-0.3, -0.25) is 4.79 Å². The molecule has 23 heavy (non-hydrogen) atoms. The van der Waals surface area contributed by atoms with Gasteiger partial charge in [-0.1, -0.05) is 18.2 Å². The van der Waals surface area contributed by atoms with E-state index in [4.69, 9.17) is 14.2 Å². The lowest BCUT2D eigenvalue weighted by Crippen LogP contribution is -2.13. The quantitative estimate of drug-likeness (QED) is 0.673. The molecule has 0 aromatic heterocycles. The van der Waals surface area contributed by atoms with Crippen molar-refractivity contribution >= 4 is 11.9 Å². The molecule has 0 aliphatic heterocycles. The van der Waals surface area contributed by atoms with Gasteiger partial charge in [0.2, 0.25) is 0 Å². The first-order valence-electron chi connectivity index (χ1n) is 6.82. The van der Waals surface area contributed by atoms with Crippen molar-refractivity contribution in [3.63, 3.8) is 0 Å². The normalized spacial score (nSPS) is 10.0. The third kappa shape index (κ3) is 4.08. The van der Waals surface area contributed by atoms with E-state index in [2.05, 4.69) is 0 Å². The number of carbonyl (C=O) groups is 2. The third-order valence-electron chi connectivity index (χ3n) is 2.97. The molecule has 0 heterocycles. The SMILES string of the molecule is COc1ccc(CO)cc1OC(=O)c1ccccc1OC(C)=O. The van der Waals surface area contributed by atoms with Crippen LogP contribution in [0.1, 0.15) is 22.8 Å². The summed E-state index contributed by atoms with van der Waals surface area (Å²) in [6.45, 7) is 1.05. The van der Waals surface area contributed by atoms with E-state index < -0.39 is 11.9 Å². The van der Waals surface area contributed by atoms with Gasteiger partial charge in [0.1, 0.15) is 11.3 Å². The molecule has 6 heteroatoms. The zero-order valence-electron chi connectivity index (χ0n) is 12.7. The van der Waals surface area contributed by atoms with Crippen LogP contribution < -0.4 is 14.2 Å². The van der Waals surface area contributed by atoms with E-state index in [0.717, 1.165) is 0 Å². The van der Waals surface area contributed by atoms with Crippen molar-refractivity contribution in [3.05, 3.63) is 53.6 Å². The maximum Gasteiger partial charge on any atom is 0.347 e. The fourth-order valence-corrected chi connectivity index (χ4v) is 1.93. The summed E-state index contributed by atoms with van der Waals surface area (Å²) in [6.07, 6.45) is 0. The lowest BCUT2D eigenvalue weighted by atomic mass is 10.2. The molecule has 0 radical (unpaired) electrons. The summed E-state index contributed by atoms with van der Waals surface area (Å²) >= 11 is 0. The molecule has 6 nitrogen and oxygen atoms in total. The Morgan fingerprint density at radius 2 is 1.74 bits per heavy atom. The van der Waals surface area contributed by atoms with Gasteiger partial charge in [-0.15, -0.1) is 0 Å². The van der Waals surface area contributed by atoms with Gasteiger partial charge in [0, 0.05) is 6.92 Å². The molecule has 2 rings (SSSR count). The molecule has 2 aromatic carbocycles. The Bertz CT molecular complexity index is 723. The van der Waals surface area contributed by atoms with Crippen LogP contribution in [0.15, 0.2) is 42.5 Å². The van der Waals surface area contributed by atoms with Crippen LogP contribution in [0.5, 0.6) is 17.2 Å². The number of ether oxygens (including phenoxy) is 3. The van der Waals surface area contributed by atoms with Gasteiger partial charge >= 0.3 is 11.9 Å². The third-order valence-corrected chi connectivity index (χ3v) is 2.97. The molecule has 0 spiro atoms. The van der Waals surface area contributed by atoms with E-state index in [1.807, 2.05) is 0 Å². The molecule has 0 atom stereocenters. The molecule has 120 valence electrons. The summed E-state index contributed by atoms with van der Waals surface area (Å²) in [6, 6.07) is 11.0. The van der Waals surface area contributed by atoms with Crippen molar-refractivity contribution in [1.82, 2.24) is 0 Å². The zero-order chi connectivity index (χ0) is 16.8. The molecule has 0 saturated carbocycles. The number of benzene rings is 2. The van der Waals surface area contributed by atoms with Crippen LogP contribution in [-0.2, 0) is 11.4 Å². The zero-order valence-corrected chi connectivity index (χ0v) is 12.7. The summed E-state index contributed by atoms with van der Waals surface area (Å²) in [5.74, 6) is -0.607. The Kier molecular flexibility index (Phi) is 5.32. The Labute approximate surface area is 133 Å². The number of hydrogen-bond acceptors (Lipinski definition) is 6. The summed E-state index contributed by atoms with van der Waals surface area (Å²) in [7, 11) is 1.44. The summed E-state index contributed by atoms with van der Waals surface area (Å²) in [4.78, 5) is 23.5. The van der Waals surface area contributed by atoms with Gasteiger partial charge in [-0.2, -0.15) is 0 Å². The molecule has 0 amide bonds. The van der Waals surface area contributed by atoms with Gasteiger partial charge in [0.15, 0.2) is 11.5 Å². The monoisotopic (exact) mass is 316 g/mol. The van der Waals surface area contributed by atoms with E-state index in [9.17, 15) is 14.7 Å². The van der Waals surface area contributed by atoms with Crippen molar-refractivity contribution in [2.45, 2.75) is 13.5 Å². The fraction of sp³-hybridized carbons (Fsp3) is 0.176. The number of para-hydroxylation sites is 1. The van der Waals surface area contributed by atoms with Crippen molar-refractivity contribution in [1.29, 1.82) is 0 Å². The highest BCUT2D eigenvalue weighted by Crippen LogP contribution is 2.30. The minimum Gasteiger partial charge on any atom is -0.493 e. The highest BCUT2D eigenvalue weighted by molar-refractivity contribution is 5.95. The highest BCUT2D eigenvalue weighted by Gasteiger charge is 2.18. The lowest BCUT2D eigenvalue weighted by molar-refractivity contribution is -0.131. The van der Waals surface area contributed by atoms with Crippen LogP contribution in [0.2, 0.25) is 0 Å². The second kappa shape index (κ2) is 7.42. The Morgan fingerprint density at radius 3 is 2.39 bits per heavy atom. The van der Waals surface area contributed by atoms with Crippen LogP contribution in [-0.4, -0.2) is 24.2 Å². The molecule has 2 aromatic rings. The molecule has 0 aliphatic carbocycles. The first kappa shape index (κ1) is 16.5. The Hall–Kier alpha value is -2.86. The first-order chi connectivity index (χ1) is 11.0. The van der Waals surface area contributed by atoms with E-state index in [1.54, 1.807) is 24.3 Å². The fourth-order valence-electron chi connectivity index (χ4n) is 1.93. The standard InChI is InChI=1S/C17H16O6/c1-11(19)22-14-6-4-3-5-13(14)17(20)23-16-9-12(10-18)7-8-15(16)21-2/h3-9,18H,10H2,1-2H3. The highest BCUT2D eigenvalue weighted by atomic mass is 16.6. The number of aliphatic hydroxyl groups is 1. The van der Waals surface area contributed by atoms with Crippen molar-refractivity contribution in [2.75, 3.05) is 7.11 Å². The molecule has 0 saturated heterocycles.